The maximum Gasteiger partial charge on any atom is 0.271 e. The molecule has 1 aliphatic carbocycles. The Bertz CT molecular complexity index is 476. The Morgan fingerprint density at radius 3 is 2.90 bits per heavy atom. The number of ether oxygens (including phenoxy) is 1. The van der Waals surface area contributed by atoms with Crippen LogP contribution >= 0.6 is 0 Å². The molecule has 1 aromatic rings. The van der Waals surface area contributed by atoms with E-state index in [1.165, 1.54) is 31.7 Å². The van der Waals surface area contributed by atoms with Gasteiger partial charge in [-0.15, -0.1) is 0 Å². The van der Waals surface area contributed by atoms with E-state index in [1.807, 2.05) is 0 Å². The van der Waals surface area contributed by atoms with Crippen molar-refractivity contribution in [3.63, 3.8) is 0 Å². The highest BCUT2D eigenvalue weighted by atomic mass is 16.6. The summed E-state index contributed by atoms with van der Waals surface area (Å²) in [6, 6.07) is 4.65. The van der Waals surface area contributed by atoms with Gasteiger partial charge in [-0.1, -0.05) is 19.8 Å². The number of benzene rings is 1. The fraction of sp³-hybridized carbons (Fsp3) is 0.600. The highest BCUT2D eigenvalue weighted by molar-refractivity contribution is 5.61. The topological polar surface area (TPSA) is 64.4 Å². The summed E-state index contributed by atoms with van der Waals surface area (Å²) in [5.41, 5.74) is 0.797. The van der Waals surface area contributed by atoms with Gasteiger partial charge in [-0.3, -0.25) is 10.1 Å². The van der Waals surface area contributed by atoms with Gasteiger partial charge in [0.1, 0.15) is 5.75 Å². The van der Waals surface area contributed by atoms with E-state index in [-0.39, 0.29) is 10.6 Å². The molecule has 2 rings (SSSR count). The molecule has 20 heavy (non-hydrogen) atoms. The van der Waals surface area contributed by atoms with E-state index in [4.69, 9.17) is 4.74 Å². The molecular weight excluding hydrogens is 256 g/mol. The van der Waals surface area contributed by atoms with Gasteiger partial charge in [-0.25, -0.2) is 0 Å². The summed E-state index contributed by atoms with van der Waals surface area (Å²) in [5.74, 6) is 2.07. The molecule has 0 radical (unpaired) electrons. The van der Waals surface area contributed by atoms with Crippen molar-refractivity contribution in [2.45, 2.75) is 32.6 Å². The molecule has 1 saturated carbocycles. The van der Waals surface area contributed by atoms with Crippen LogP contribution in [-0.2, 0) is 0 Å². The van der Waals surface area contributed by atoms with Crippen molar-refractivity contribution in [2.24, 2.45) is 11.8 Å². The lowest BCUT2D eigenvalue weighted by atomic mass is 9.82. The van der Waals surface area contributed by atoms with Crippen molar-refractivity contribution in [2.75, 3.05) is 19.0 Å². The third kappa shape index (κ3) is 3.62. The van der Waals surface area contributed by atoms with Gasteiger partial charge in [0.15, 0.2) is 0 Å². The van der Waals surface area contributed by atoms with Gasteiger partial charge in [0.2, 0.25) is 0 Å². The first-order valence-electron chi connectivity index (χ1n) is 7.16. The summed E-state index contributed by atoms with van der Waals surface area (Å²) >= 11 is 0. The predicted molar refractivity (Wildman–Crippen MR) is 79.3 cm³/mol. The zero-order chi connectivity index (χ0) is 14.5. The molecule has 0 heterocycles. The lowest BCUT2D eigenvalue weighted by molar-refractivity contribution is -0.384. The van der Waals surface area contributed by atoms with Crippen LogP contribution in [0.4, 0.5) is 11.4 Å². The van der Waals surface area contributed by atoms with E-state index in [9.17, 15) is 10.1 Å². The highest BCUT2D eigenvalue weighted by Crippen LogP contribution is 2.32. The summed E-state index contributed by atoms with van der Waals surface area (Å²) in [7, 11) is 1.58. The van der Waals surface area contributed by atoms with Gasteiger partial charge in [-0.2, -0.15) is 0 Å². The fourth-order valence-corrected chi connectivity index (χ4v) is 2.95. The first-order chi connectivity index (χ1) is 9.60. The largest absolute Gasteiger partial charge is 0.495 e. The van der Waals surface area contributed by atoms with Crippen LogP contribution in [0.2, 0.25) is 0 Å². The Hall–Kier alpha value is -1.78. The van der Waals surface area contributed by atoms with Crippen LogP contribution in [0.15, 0.2) is 18.2 Å². The number of non-ortho nitro benzene ring substituents is 1. The van der Waals surface area contributed by atoms with E-state index in [2.05, 4.69) is 12.2 Å². The lowest BCUT2D eigenvalue weighted by Crippen LogP contribution is -2.21. The smallest absolute Gasteiger partial charge is 0.271 e. The number of nitro benzene ring substituents is 1. The number of anilines is 1. The maximum absolute atomic E-state index is 10.8. The molecule has 0 amide bonds. The van der Waals surface area contributed by atoms with E-state index in [0.29, 0.717) is 17.4 Å². The van der Waals surface area contributed by atoms with Crippen molar-refractivity contribution >= 4 is 11.4 Å². The monoisotopic (exact) mass is 278 g/mol. The van der Waals surface area contributed by atoms with Crippen LogP contribution in [0.25, 0.3) is 0 Å². The molecule has 2 unspecified atom stereocenters. The molecule has 0 aromatic heterocycles. The normalized spacial score (nSPS) is 22.3. The maximum atomic E-state index is 10.8. The molecule has 1 fully saturated rings. The molecule has 1 aliphatic rings. The lowest BCUT2D eigenvalue weighted by Gasteiger charge is -2.27. The number of nitrogens with one attached hydrogen (secondary N) is 1. The first-order valence-corrected chi connectivity index (χ1v) is 7.16. The second-order valence-electron chi connectivity index (χ2n) is 5.66. The number of methoxy groups -OCH3 is 1. The van der Waals surface area contributed by atoms with Crippen LogP contribution in [-0.4, -0.2) is 18.6 Å². The van der Waals surface area contributed by atoms with Gasteiger partial charge in [0, 0.05) is 18.7 Å². The van der Waals surface area contributed by atoms with Gasteiger partial charge in [0.25, 0.3) is 5.69 Å². The summed E-state index contributed by atoms with van der Waals surface area (Å²) in [6.45, 7) is 3.14. The third-order valence-electron chi connectivity index (χ3n) is 4.02. The molecule has 0 bridgehead atoms. The molecule has 0 aliphatic heterocycles. The standard InChI is InChI=1S/C15H22N2O3/c1-11-4-3-5-12(8-11)10-16-14-9-13(17(18)19)6-7-15(14)20-2/h6-7,9,11-12,16H,3-5,8,10H2,1-2H3. The van der Waals surface area contributed by atoms with Gasteiger partial charge in [-0.05, 0) is 30.7 Å². The summed E-state index contributed by atoms with van der Waals surface area (Å²) in [6.07, 6.45) is 5.05. The Kier molecular flexibility index (Phi) is 4.82. The first kappa shape index (κ1) is 14.6. The quantitative estimate of drug-likeness (QED) is 0.656. The molecule has 0 spiro atoms. The van der Waals surface area contributed by atoms with E-state index in [1.54, 1.807) is 19.2 Å². The molecule has 0 saturated heterocycles. The number of hydrogen-bond donors (Lipinski definition) is 1. The minimum atomic E-state index is -0.382. The molecule has 5 heteroatoms. The molecule has 110 valence electrons. The van der Waals surface area contributed by atoms with Crippen molar-refractivity contribution in [3.05, 3.63) is 28.3 Å². The molecule has 2 atom stereocenters. The Morgan fingerprint density at radius 2 is 2.25 bits per heavy atom. The Morgan fingerprint density at radius 1 is 1.45 bits per heavy atom. The SMILES string of the molecule is COc1ccc([N+](=O)[O-])cc1NCC1CCCC(C)C1. The number of rotatable bonds is 5. The van der Waals surface area contributed by atoms with Crippen molar-refractivity contribution in [1.82, 2.24) is 0 Å². The van der Waals surface area contributed by atoms with Crippen LogP contribution < -0.4 is 10.1 Å². The average molecular weight is 278 g/mol. The van der Waals surface area contributed by atoms with Crippen molar-refractivity contribution in [3.8, 4) is 5.75 Å². The summed E-state index contributed by atoms with van der Waals surface area (Å²) in [5, 5.41) is 14.2. The van der Waals surface area contributed by atoms with Crippen LogP contribution in [0.1, 0.15) is 32.6 Å². The molecule has 1 N–H and O–H groups in total. The van der Waals surface area contributed by atoms with Gasteiger partial charge < -0.3 is 10.1 Å². The van der Waals surface area contributed by atoms with E-state index < -0.39 is 0 Å². The van der Waals surface area contributed by atoms with Crippen LogP contribution in [0.3, 0.4) is 0 Å². The van der Waals surface area contributed by atoms with E-state index >= 15 is 0 Å². The second kappa shape index (κ2) is 6.59. The van der Waals surface area contributed by atoms with Crippen LogP contribution in [0.5, 0.6) is 5.75 Å². The van der Waals surface area contributed by atoms with Crippen molar-refractivity contribution < 1.29 is 9.66 Å². The van der Waals surface area contributed by atoms with Gasteiger partial charge in [0.05, 0.1) is 17.7 Å². The Labute approximate surface area is 119 Å². The Balaban J connectivity index is 2.03. The molecular formula is C15H22N2O3. The second-order valence-corrected chi connectivity index (χ2v) is 5.66. The number of nitro groups is 1. The van der Waals surface area contributed by atoms with Gasteiger partial charge >= 0.3 is 0 Å². The average Bonchev–Trinajstić information content (AvgIpc) is 2.44. The molecule has 5 nitrogen and oxygen atoms in total. The zero-order valence-corrected chi connectivity index (χ0v) is 12.1. The van der Waals surface area contributed by atoms with Crippen molar-refractivity contribution in [1.29, 1.82) is 0 Å². The minimum Gasteiger partial charge on any atom is -0.495 e. The van der Waals surface area contributed by atoms with E-state index in [0.717, 1.165) is 12.5 Å². The third-order valence-corrected chi connectivity index (χ3v) is 4.02. The minimum absolute atomic E-state index is 0.0883. The molecule has 1 aromatic carbocycles. The number of hydrogen-bond acceptors (Lipinski definition) is 4. The van der Waals surface area contributed by atoms with Crippen LogP contribution in [0, 0.1) is 22.0 Å². The fourth-order valence-electron chi connectivity index (χ4n) is 2.95. The zero-order valence-electron chi connectivity index (χ0n) is 12.1. The summed E-state index contributed by atoms with van der Waals surface area (Å²) < 4.78 is 5.26. The predicted octanol–water partition coefficient (Wildman–Crippen LogP) is 3.84. The number of nitrogens with zero attached hydrogens (tertiary/aromatic N) is 1. The highest BCUT2D eigenvalue weighted by Gasteiger charge is 2.19. The summed E-state index contributed by atoms with van der Waals surface area (Å²) in [4.78, 5) is 10.5.